The average molecular weight is 445 g/mol. The molecule has 148 valence electrons. The summed E-state index contributed by atoms with van der Waals surface area (Å²) in [6.45, 7) is 9.72. The summed E-state index contributed by atoms with van der Waals surface area (Å²) in [7, 11) is -4.71. The maximum absolute atomic E-state index is 12.9. The smallest absolute Gasteiger partial charge is 0.206 e. The Kier molecular flexibility index (Phi) is 7.56. The Labute approximate surface area is 173 Å². The van der Waals surface area contributed by atoms with Gasteiger partial charge in [0.1, 0.15) is 0 Å². The van der Waals surface area contributed by atoms with E-state index in [0.29, 0.717) is 28.8 Å². The zero-order valence-electron chi connectivity index (χ0n) is 16.2. The number of hydrogen-bond acceptors (Lipinski definition) is 3. The van der Waals surface area contributed by atoms with E-state index in [0.717, 1.165) is 12.0 Å². The molecule has 0 aliphatic carbocycles. The molecule has 2 aromatic rings. The molecule has 2 aromatic carbocycles. The van der Waals surface area contributed by atoms with Crippen molar-refractivity contribution in [3.8, 4) is 0 Å². The summed E-state index contributed by atoms with van der Waals surface area (Å²) in [5.41, 5.74) is 1.40. The van der Waals surface area contributed by atoms with Crippen molar-refractivity contribution >= 4 is 41.1 Å². The van der Waals surface area contributed by atoms with Crippen LogP contribution in [0.1, 0.15) is 17.5 Å². The first-order valence-corrected chi connectivity index (χ1v) is 14.8. The molecule has 0 aliphatic rings. The maximum Gasteiger partial charge on any atom is 0.206 e. The van der Waals surface area contributed by atoms with Gasteiger partial charge in [0.05, 0.1) is 16.4 Å². The lowest BCUT2D eigenvalue weighted by atomic mass is 10.2. The highest BCUT2D eigenvalue weighted by molar-refractivity contribution is 7.91. The van der Waals surface area contributed by atoms with Gasteiger partial charge in [-0.05, 0) is 60.9 Å². The highest BCUT2D eigenvalue weighted by Crippen LogP contribution is 2.28. The molecule has 0 saturated heterocycles. The number of benzene rings is 2. The Hall–Kier alpha value is -0.853. The molecule has 0 fully saturated rings. The van der Waals surface area contributed by atoms with Crippen LogP contribution in [-0.4, -0.2) is 23.1 Å². The topological polar surface area (TPSA) is 43.4 Å². The number of hydrogen-bond donors (Lipinski definition) is 0. The largest absolute Gasteiger partial charge is 0.377 e. The third-order valence-electron chi connectivity index (χ3n) is 4.24. The second kappa shape index (κ2) is 9.10. The SMILES string of the molecule is Cc1cc(S(=O)(=O)c2ccc(Cl)c(COCCC[Si](C)(C)C)c2)ccc1Cl. The Balaban J connectivity index is 2.14. The Morgan fingerprint density at radius 3 is 2.15 bits per heavy atom. The van der Waals surface area contributed by atoms with Crippen molar-refractivity contribution < 1.29 is 13.2 Å². The fraction of sp³-hybridized carbons (Fsp3) is 0.400. The molecule has 0 heterocycles. The van der Waals surface area contributed by atoms with Gasteiger partial charge in [-0.1, -0.05) is 48.9 Å². The second-order valence-electron chi connectivity index (χ2n) is 7.88. The van der Waals surface area contributed by atoms with Crippen LogP contribution < -0.4 is 0 Å². The van der Waals surface area contributed by atoms with Crippen LogP contribution in [0.15, 0.2) is 46.2 Å². The van der Waals surface area contributed by atoms with Crippen molar-refractivity contribution in [2.24, 2.45) is 0 Å². The van der Waals surface area contributed by atoms with Crippen molar-refractivity contribution in [3.05, 3.63) is 57.6 Å². The minimum absolute atomic E-state index is 0.203. The molecular formula is C20H26Cl2O3SSi. The van der Waals surface area contributed by atoms with Crippen molar-refractivity contribution in [2.75, 3.05) is 6.61 Å². The summed E-state index contributed by atoms with van der Waals surface area (Å²) < 4.78 is 31.6. The van der Waals surface area contributed by atoms with Crippen LogP contribution in [-0.2, 0) is 21.2 Å². The first kappa shape index (κ1) is 22.4. The molecule has 7 heteroatoms. The summed E-state index contributed by atoms with van der Waals surface area (Å²) in [6, 6.07) is 10.6. The van der Waals surface area contributed by atoms with Gasteiger partial charge in [0.2, 0.25) is 9.84 Å². The summed E-state index contributed by atoms with van der Waals surface area (Å²) in [6.07, 6.45) is 1.01. The molecule has 0 N–H and O–H groups in total. The van der Waals surface area contributed by atoms with E-state index in [4.69, 9.17) is 27.9 Å². The fourth-order valence-corrected chi connectivity index (χ4v) is 5.53. The molecule has 3 nitrogen and oxygen atoms in total. The van der Waals surface area contributed by atoms with Crippen LogP contribution in [0, 0.1) is 6.92 Å². The minimum Gasteiger partial charge on any atom is -0.377 e. The van der Waals surface area contributed by atoms with E-state index in [-0.39, 0.29) is 9.79 Å². The average Bonchev–Trinajstić information content (AvgIpc) is 2.57. The third kappa shape index (κ3) is 6.33. The maximum atomic E-state index is 12.9. The second-order valence-corrected chi connectivity index (χ2v) is 16.3. The zero-order chi connectivity index (χ0) is 20.2. The summed E-state index contributed by atoms with van der Waals surface area (Å²) in [5, 5.41) is 1.05. The van der Waals surface area contributed by atoms with Crippen molar-refractivity contribution in [1.82, 2.24) is 0 Å². The molecule has 0 radical (unpaired) electrons. The quantitative estimate of drug-likeness (QED) is 0.350. The fourth-order valence-electron chi connectivity index (χ4n) is 2.64. The van der Waals surface area contributed by atoms with Crippen LogP contribution in [0.4, 0.5) is 0 Å². The predicted octanol–water partition coefficient (Wildman–Crippen LogP) is 6.38. The number of ether oxygens (including phenoxy) is 1. The van der Waals surface area contributed by atoms with E-state index in [1.54, 1.807) is 31.2 Å². The highest BCUT2D eigenvalue weighted by atomic mass is 35.5. The zero-order valence-corrected chi connectivity index (χ0v) is 19.5. The van der Waals surface area contributed by atoms with Crippen molar-refractivity contribution in [2.45, 2.75) is 55.4 Å². The molecule has 0 spiro atoms. The number of halogens is 2. The van der Waals surface area contributed by atoms with Crippen LogP contribution in [0.25, 0.3) is 0 Å². The predicted molar refractivity (Wildman–Crippen MR) is 116 cm³/mol. The van der Waals surface area contributed by atoms with Gasteiger partial charge < -0.3 is 4.74 Å². The van der Waals surface area contributed by atoms with E-state index < -0.39 is 17.9 Å². The molecule has 0 amide bonds. The van der Waals surface area contributed by atoms with Gasteiger partial charge in [0, 0.05) is 24.7 Å². The summed E-state index contributed by atoms with van der Waals surface area (Å²) >= 11 is 12.2. The highest BCUT2D eigenvalue weighted by Gasteiger charge is 2.20. The van der Waals surface area contributed by atoms with Crippen LogP contribution >= 0.6 is 23.2 Å². The lowest BCUT2D eigenvalue weighted by molar-refractivity contribution is 0.121. The minimum atomic E-state index is -3.64. The first-order valence-electron chi connectivity index (χ1n) is 8.88. The molecule has 0 saturated carbocycles. The number of aryl methyl sites for hydroxylation is 1. The molecule has 0 aromatic heterocycles. The third-order valence-corrected chi connectivity index (χ3v) is 8.64. The molecule has 0 aliphatic heterocycles. The van der Waals surface area contributed by atoms with Crippen LogP contribution in [0.3, 0.4) is 0 Å². The number of sulfone groups is 1. The monoisotopic (exact) mass is 444 g/mol. The van der Waals surface area contributed by atoms with Gasteiger partial charge in [-0.2, -0.15) is 0 Å². The first-order chi connectivity index (χ1) is 12.5. The van der Waals surface area contributed by atoms with E-state index in [2.05, 4.69) is 19.6 Å². The molecule has 27 heavy (non-hydrogen) atoms. The van der Waals surface area contributed by atoms with Crippen LogP contribution in [0.2, 0.25) is 35.7 Å². The Morgan fingerprint density at radius 1 is 0.963 bits per heavy atom. The van der Waals surface area contributed by atoms with E-state index in [9.17, 15) is 8.42 Å². The van der Waals surface area contributed by atoms with E-state index in [1.165, 1.54) is 18.2 Å². The lowest BCUT2D eigenvalue weighted by Gasteiger charge is -2.15. The van der Waals surface area contributed by atoms with E-state index >= 15 is 0 Å². The van der Waals surface area contributed by atoms with Crippen molar-refractivity contribution in [1.29, 1.82) is 0 Å². The summed E-state index contributed by atoms with van der Waals surface area (Å²) in [5.74, 6) is 0. The molecule has 2 rings (SSSR count). The van der Waals surface area contributed by atoms with Gasteiger partial charge in [0.25, 0.3) is 0 Å². The van der Waals surface area contributed by atoms with Gasteiger partial charge in [-0.25, -0.2) is 8.42 Å². The lowest BCUT2D eigenvalue weighted by Crippen LogP contribution is -2.19. The molecule has 0 bridgehead atoms. The van der Waals surface area contributed by atoms with Gasteiger partial charge in [0.15, 0.2) is 0 Å². The Morgan fingerprint density at radius 2 is 1.56 bits per heavy atom. The van der Waals surface area contributed by atoms with Gasteiger partial charge in [-0.3, -0.25) is 0 Å². The van der Waals surface area contributed by atoms with Crippen molar-refractivity contribution in [3.63, 3.8) is 0 Å². The molecule has 0 atom stereocenters. The van der Waals surface area contributed by atoms with Gasteiger partial charge >= 0.3 is 0 Å². The molecular weight excluding hydrogens is 419 g/mol. The molecule has 0 unspecified atom stereocenters. The van der Waals surface area contributed by atoms with E-state index in [1.807, 2.05) is 0 Å². The Bertz CT molecular complexity index is 906. The normalized spacial score (nSPS) is 12.4. The standard InChI is InChI=1S/C20H26Cl2O3SSi/c1-15-12-17(6-8-19(15)21)26(23,24)18-7-9-20(22)16(13-18)14-25-10-5-11-27(2,3)4/h6-9,12-13H,5,10-11,14H2,1-4H3. The van der Waals surface area contributed by atoms with Gasteiger partial charge in [-0.15, -0.1) is 0 Å². The number of rotatable bonds is 8. The summed E-state index contributed by atoms with van der Waals surface area (Å²) in [4.78, 5) is 0.419. The van der Waals surface area contributed by atoms with Crippen LogP contribution in [0.5, 0.6) is 0 Å².